The second kappa shape index (κ2) is 6.58. The first-order chi connectivity index (χ1) is 11.4. The van der Waals surface area contributed by atoms with Crippen LogP contribution >= 0.6 is 0 Å². The van der Waals surface area contributed by atoms with Crippen LogP contribution < -0.4 is 0 Å². The first-order valence-electron chi connectivity index (χ1n) is 9.08. The maximum absolute atomic E-state index is 13.2. The monoisotopic (exact) mass is 328 g/mol. The summed E-state index contributed by atoms with van der Waals surface area (Å²) in [6.45, 7) is 7.97. The molecule has 0 bridgehead atoms. The Morgan fingerprint density at radius 1 is 0.958 bits per heavy atom. The molecule has 2 aliphatic rings. The molecule has 2 fully saturated rings. The zero-order valence-electron chi connectivity index (χ0n) is 15.0. The summed E-state index contributed by atoms with van der Waals surface area (Å²) in [6.07, 6.45) is 4.07. The Labute approximate surface area is 144 Å². The zero-order valence-corrected chi connectivity index (χ0v) is 15.0. The standard InChI is InChI=1S/C20H28N2O2/c1-15-8-10-16(11-9-15)17-7-6-14-22(17)19(24)20(2,3)18(23)21-12-4-5-13-21/h8-11,17H,4-7,12-14H2,1-3H3. The zero-order chi connectivity index (χ0) is 17.3. The summed E-state index contributed by atoms with van der Waals surface area (Å²) in [7, 11) is 0. The molecule has 2 aliphatic heterocycles. The quantitative estimate of drug-likeness (QED) is 0.799. The highest BCUT2D eigenvalue weighted by atomic mass is 16.2. The minimum Gasteiger partial charge on any atom is -0.342 e. The van der Waals surface area contributed by atoms with Crippen molar-refractivity contribution >= 4 is 11.8 Å². The molecule has 0 saturated carbocycles. The fourth-order valence-electron chi connectivity index (χ4n) is 3.91. The Balaban J connectivity index is 1.79. The minimum atomic E-state index is -0.975. The van der Waals surface area contributed by atoms with Crippen LogP contribution in [0.1, 0.15) is 56.7 Å². The maximum Gasteiger partial charge on any atom is 0.238 e. The van der Waals surface area contributed by atoms with Crippen LogP contribution in [0.2, 0.25) is 0 Å². The van der Waals surface area contributed by atoms with Gasteiger partial charge in [0.2, 0.25) is 11.8 Å². The maximum atomic E-state index is 13.2. The summed E-state index contributed by atoms with van der Waals surface area (Å²) in [6, 6.07) is 8.51. The van der Waals surface area contributed by atoms with Crippen molar-refractivity contribution in [3.8, 4) is 0 Å². The lowest BCUT2D eigenvalue weighted by Gasteiger charge is -2.34. The Morgan fingerprint density at radius 3 is 2.21 bits per heavy atom. The minimum absolute atomic E-state index is 0.0143. The second-order valence-electron chi connectivity index (χ2n) is 7.69. The molecule has 24 heavy (non-hydrogen) atoms. The molecule has 130 valence electrons. The molecule has 4 nitrogen and oxygen atoms in total. The first kappa shape index (κ1) is 17.0. The van der Waals surface area contributed by atoms with Gasteiger partial charge in [-0.2, -0.15) is 0 Å². The number of carbonyl (C=O) groups excluding carboxylic acids is 2. The number of likely N-dealkylation sites (tertiary alicyclic amines) is 2. The molecule has 1 unspecified atom stereocenters. The van der Waals surface area contributed by atoms with E-state index in [4.69, 9.17) is 0 Å². The van der Waals surface area contributed by atoms with E-state index in [0.717, 1.165) is 45.3 Å². The van der Waals surface area contributed by atoms with E-state index in [0.29, 0.717) is 0 Å². The average molecular weight is 328 g/mol. The van der Waals surface area contributed by atoms with Gasteiger partial charge in [-0.25, -0.2) is 0 Å². The molecular weight excluding hydrogens is 300 g/mol. The number of amides is 2. The Morgan fingerprint density at radius 2 is 1.58 bits per heavy atom. The lowest BCUT2D eigenvalue weighted by molar-refractivity contribution is -0.154. The highest BCUT2D eigenvalue weighted by Crippen LogP contribution is 2.36. The number of nitrogens with zero attached hydrogens (tertiary/aromatic N) is 2. The molecule has 0 N–H and O–H groups in total. The number of hydrogen-bond acceptors (Lipinski definition) is 2. The largest absolute Gasteiger partial charge is 0.342 e. The van der Waals surface area contributed by atoms with Gasteiger partial charge in [0.05, 0.1) is 6.04 Å². The molecule has 0 aliphatic carbocycles. The van der Waals surface area contributed by atoms with Crippen molar-refractivity contribution in [2.75, 3.05) is 19.6 Å². The summed E-state index contributed by atoms with van der Waals surface area (Å²) in [5.74, 6) is -0.0398. The predicted molar refractivity (Wildman–Crippen MR) is 94.5 cm³/mol. The van der Waals surface area contributed by atoms with E-state index in [1.54, 1.807) is 13.8 Å². The van der Waals surface area contributed by atoms with Crippen LogP contribution in [0.4, 0.5) is 0 Å². The SMILES string of the molecule is Cc1ccc(C2CCCN2C(=O)C(C)(C)C(=O)N2CCCC2)cc1. The van der Waals surface area contributed by atoms with Gasteiger partial charge in [0, 0.05) is 19.6 Å². The van der Waals surface area contributed by atoms with Crippen molar-refractivity contribution in [1.29, 1.82) is 0 Å². The summed E-state index contributed by atoms with van der Waals surface area (Å²) >= 11 is 0. The van der Waals surface area contributed by atoms with E-state index in [2.05, 4.69) is 31.2 Å². The molecule has 2 saturated heterocycles. The van der Waals surface area contributed by atoms with Crippen LogP contribution in [-0.2, 0) is 9.59 Å². The van der Waals surface area contributed by atoms with Crippen LogP contribution in [0.15, 0.2) is 24.3 Å². The van der Waals surface area contributed by atoms with Crippen LogP contribution in [0, 0.1) is 12.3 Å². The van der Waals surface area contributed by atoms with Crippen LogP contribution in [0.5, 0.6) is 0 Å². The van der Waals surface area contributed by atoms with E-state index in [-0.39, 0.29) is 17.9 Å². The summed E-state index contributed by atoms with van der Waals surface area (Å²) in [5.41, 5.74) is 1.42. The Hall–Kier alpha value is -1.84. The molecule has 1 aromatic rings. The van der Waals surface area contributed by atoms with Crippen molar-refractivity contribution in [2.45, 2.75) is 52.5 Å². The van der Waals surface area contributed by atoms with E-state index in [9.17, 15) is 9.59 Å². The lowest BCUT2D eigenvalue weighted by atomic mass is 9.88. The average Bonchev–Trinajstić information content (AvgIpc) is 3.25. The van der Waals surface area contributed by atoms with Gasteiger partial charge in [-0.1, -0.05) is 29.8 Å². The van der Waals surface area contributed by atoms with Gasteiger partial charge in [-0.15, -0.1) is 0 Å². The lowest BCUT2D eigenvalue weighted by Crippen LogP contribution is -2.50. The van der Waals surface area contributed by atoms with E-state index >= 15 is 0 Å². The van der Waals surface area contributed by atoms with E-state index < -0.39 is 5.41 Å². The van der Waals surface area contributed by atoms with Gasteiger partial charge in [0.15, 0.2) is 0 Å². The first-order valence-corrected chi connectivity index (χ1v) is 9.08. The predicted octanol–water partition coefficient (Wildman–Crippen LogP) is 3.31. The number of hydrogen-bond donors (Lipinski definition) is 0. The third-order valence-electron chi connectivity index (χ3n) is 5.44. The third-order valence-corrected chi connectivity index (χ3v) is 5.44. The van der Waals surface area contributed by atoms with Crippen molar-refractivity contribution in [3.05, 3.63) is 35.4 Å². The van der Waals surface area contributed by atoms with Crippen molar-refractivity contribution in [1.82, 2.24) is 9.80 Å². The fourth-order valence-corrected chi connectivity index (χ4v) is 3.91. The number of carbonyl (C=O) groups is 2. The van der Waals surface area contributed by atoms with Crippen molar-refractivity contribution < 1.29 is 9.59 Å². The topological polar surface area (TPSA) is 40.6 Å². The van der Waals surface area contributed by atoms with Crippen LogP contribution in [0.3, 0.4) is 0 Å². The molecule has 0 radical (unpaired) electrons. The smallest absolute Gasteiger partial charge is 0.238 e. The normalized spacial score (nSPS) is 21.4. The highest BCUT2D eigenvalue weighted by Gasteiger charge is 2.45. The molecule has 2 heterocycles. The molecule has 1 atom stereocenters. The molecule has 4 heteroatoms. The fraction of sp³-hybridized carbons (Fsp3) is 0.600. The molecule has 1 aromatic carbocycles. The molecule has 3 rings (SSSR count). The second-order valence-corrected chi connectivity index (χ2v) is 7.69. The molecule has 0 spiro atoms. The van der Waals surface area contributed by atoms with Crippen LogP contribution in [0.25, 0.3) is 0 Å². The van der Waals surface area contributed by atoms with Crippen molar-refractivity contribution in [3.63, 3.8) is 0 Å². The van der Waals surface area contributed by atoms with Crippen LogP contribution in [-0.4, -0.2) is 41.2 Å². The molecular formula is C20H28N2O2. The summed E-state index contributed by atoms with van der Waals surface area (Å²) in [4.78, 5) is 29.8. The van der Waals surface area contributed by atoms with Gasteiger partial charge < -0.3 is 9.80 Å². The van der Waals surface area contributed by atoms with Gasteiger partial charge in [0.1, 0.15) is 5.41 Å². The van der Waals surface area contributed by atoms with E-state index in [1.165, 1.54) is 11.1 Å². The number of benzene rings is 1. The summed E-state index contributed by atoms with van der Waals surface area (Å²) in [5, 5.41) is 0. The highest BCUT2D eigenvalue weighted by molar-refractivity contribution is 6.04. The Kier molecular flexibility index (Phi) is 4.66. The Bertz CT molecular complexity index is 615. The third kappa shape index (κ3) is 3.06. The van der Waals surface area contributed by atoms with Gasteiger partial charge >= 0.3 is 0 Å². The number of aryl methyl sites for hydroxylation is 1. The molecule has 2 amide bonds. The van der Waals surface area contributed by atoms with Crippen molar-refractivity contribution in [2.24, 2.45) is 5.41 Å². The van der Waals surface area contributed by atoms with Gasteiger partial charge in [0.25, 0.3) is 0 Å². The molecule has 0 aromatic heterocycles. The van der Waals surface area contributed by atoms with Gasteiger partial charge in [-0.05, 0) is 52.0 Å². The van der Waals surface area contributed by atoms with Gasteiger partial charge in [-0.3, -0.25) is 9.59 Å². The summed E-state index contributed by atoms with van der Waals surface area (Å²) < 4.78 is 0. The number of rotatable bonds is 3. The van der Waals surface area contributed by atoms with E-state index in [1.807, 2.05) is 9.80 Å².